The number of carbonyl (C=O) groups is 2. The molecule has 0 aromatic heterocycles. The Labute approximate surface area is 223 Å². The fourth-order valence-corrected chi connectivity index (χ4v) is 5.23. The first kappa shape index (κ1) is 28.6. The Hall–Kier alpha value is -3.92. The number of ether oxygens (including phenoxy) is 1. The predicted octanol–water partition coefficient (Wildman–Crippen LogP) is 3.89. The van der Waals surface area contributed by atoms with Crippen molar-refractivity contribution in [2.45, 2.75) is 38.3 Å². The molecule has 3 aromatic carbocycles. The molecule has 8 nitrogen and oxygen atoms in total. The molecule has 0 saturated carbocycles. The van der Waals surface area contributed by atoms with Crippen LogP contribution in [0.15, 0.2) is 77.7 Å². The highest BCUT2D eigenvalue weighted by Gasteiger charge is 2.32. The summed E-state index contributed by atoms with van der Waals surface area (Å²) in [5, 5.41) is 2.54. The van der Waals surface area contributed by atoms with E-state index in [1.807, 2.05) is 38.1 Å². The number of amides is 2. The molecular weight excluding hydrogens is 509 g/mol. The zero-order valence-corrected chi connectivity index (χ0v) is 22.7. The third-order valence-corrected chi connectivity index (χ3v) is 7.79. The van der Waals surface area contributed by atoms with Gasteiger partial charge in [-0.1, -0.05) is 29.8 Å². The topological polar surface area (TPSA) is 96.0 Å². The van der Waals surface area contributed by atoms with Crippen LogP contribution >= 0.6 is 0 Å². The summed E-state index contributed by atoms with van der Waals surface area (Å²) >= 11 is 0. The molecule has 3 rings (SSSR count). The number of carbonyl (C=O) groups excluding carboxylic acids is 2. The highest BCUT2D eigenvalue weighted by molar-refractivity contribution is 7.92. The molecule has 0 radical (unpaired) electrons. The minimum absolute atomic E-state index is 0.0671. The highest BCUT2D eigenvalue weighted by Crippen LogP contribution is 2.26. The number of sulfonamides is 1. The van der Waals surface area contributed by atoms with Crippen molar-refractivity contribution in [3.8, 4) is 5.75 Å². The molecule has 38 heavy (non-hydrogen) atoms. The summed E-state index contributed by atoms with van der Waals surface area (Å²) < 4.78 is 47.5. The van der Waals surface area contributed by atoms with Crippen LogP contribution in [0.2, 0.25) is 0 Å². The van der Waals surface area contributed by atoms with Crippen LogP contribution in [0.4, 0.5) is 10.1 Å². The quantitative estimate of drug-likeness (QED) is 0.397. The molecule has 0 aliphatic heterocycles. The van der Waals surface area contributed by atoms with Crippen LogP contribution in [0.25, 0.3) is 0 Å². The van der Waals surface area contributed by atoms with Crippen molar-refractivity contribution in [1.82, 2.24) is 10.2 Å². The predicted molar refractivity (Wildman–Crippen MR) is 144 cm³/mol. The van der Waals surface area contributed by atoms with Gasteiger partial charge in [0, 0.05) is 13.6 Å². The van der Waals surface area contributed by atoms with E-state index in [1.54, 1.807) is 6.92 Å². The van der Waals surface area contributed by atoms with E-state index in [0.717, 1.165) is 27.6 Å². The summed E-state index contributed by atoms with van der Waals surface area (Å²) in [5.41, 5.74) is 1.92. The van der Waals surface area contributed by atoms with Gasteiger partial charge < -0.3 is 15.0 Å². The third kappa shape index (κ3) is 6.89. The lowest BCUT2D eigenvalue weighted by Gasteiger charge is -2.31. The number of halogens is 1. The maximum atomic E-state index is 13.7. The number of aryl methyl sites for hydroxylation is 1. The standard InChI is InChI=1S/C28H32FN3O5S/c1-5-37-25-14-16-26(17-15-25)38(35,36)32(24-12-10-23(29)11-13-24)19-27(33)31(21(3)28(34)30-4)18-22-8-6-20(2)7-9-22/h6-17,21H,5,18-19H2,1-4H3,(H,30,34)/t21-/m0/s1. The van der Waals surface area contributed by atoms with Gasteiger partial charge in [0.05, 0.1) is 17.2 Å². The number of rotatable bonds is 11. The molecule has 0 aliphatic rings. The maximum absolute atomic E-state index is 13.7. The van der Waals surface area contributed by atoms with E-state index in [1.165, 1.54) is 48.3 Å². The zero-order valence-electron chi connectivity index (χ0n) is 21.8. The SMILES string of the molecule is CCOc1ccc(S(=O)(=O)N(CC(=O)N(Cc2ccc(C)cc2)[C@@H](C)C(=O)NC)c2ccc(F)cc2)cc1. The smallest absolute Gasteiger partial charge is 0.264 e. The van der Waals surface area contributed by atoms with E-state index >= 15 is 0 Å². The summed E-state index contributed by atoms with van der Waals surface area (Å²) in [5.74, 6) is -1.04. The van der Waals surface area contributed by atoms with E-state index in [4.69, 9.17) is 4.74 Å². The molecule has 3 aromatic rings. The van der Waals surface area contributed by atoms with Crippen molar-refractivity contribution >= 4 is 27.5 Å². The largest absolute Gasteiger partial charge is 0.494 e. The molecule has 0 saturated heterocycles. The fraction of sp³-hybridized carbons (Fsp3) is 0.286. The van der Waals surface area contributed by atoms with Gasteiger partial charge in [-0.3, -0.25) is 13.9 Å². The average molecular weight is 542 g/mol. The van der Waals surface area contributed by atoms with Crippen molar-refractivity contribution in [2.24, 2.45) is 0 Å². The van der Waals surface area contributed by atoms with Crippen molar-refractivity contribution in [3.63, 3.8) is 0 Å². The lowest BCUT2D eigenvalue weighted by atomic mass is 10.1. The summed E-state index contributed by atoms with van der Waals surface area (Å²) in [4.78, 5) is 27.5. The maximum Gasteiger partial charge on any atom is 0.264 e. The van der Waals surface area contributed by atoms with Crippen LogP contribution in [0.5, 0.6) is 5.75 Å². The van der Waals surface area contributed by atoms with Gasteiger partial charge in [-0.2, -0.15) is 0 Å². The van der Waals surface area contributed by atoms with Crippen LogP contribution in [-0.4, -0.2) is 51.4 Å². The van der Waals surface area contributed by atoms with Gasteiger partial charge in [0.25, 0.3) is 10.0 Å². The Kier molecular flexibility index (Phi) is 9.46. The third-order valence-electron chi connectivity index (χ3n) is 6.00. The first-order chi connectivity index (χ1) is 18.1. The van der Waals surface area contributed by atoms with Crippen LogP contribution in [0.3, 0.4) is 0 Å². The molecule has 0 unspecified atom stereocenters. The van der Waals surface area contributed by atoms with Gasteiger partial charge in [-0.05, 0) is 74.9 Å². The van der Waals surface area contributed by atoms with Gasteiger partial charge in [-0.25, -0.2) is 12.8 Å². The number of nitrogens with zero attached hydrogens (tertiary/aromatic N) is 2. The van der Waals surface area contributed by atoms with E-state index in [-0.39, 0.29) is 17.1 Å². The molecule has 0 heterocycles. The lowest BCUT2D eigenvalue weighted by Crippen LogP contribution is -2.50. The molecule has 10 heteroatoms. The Balaban J connectivity index is 2.00. The van der Waals surface area contributed by atoms with Crippen LogP contribution < -0.4 is 14.4 Å². The van der Waals surface area contributed by atoms with Crippen molar-refractivity contribution in [3.05, 3.63) is 89.7 Å². The molecule has 1 atom stereocenters. The van der Waals surface area contributed by atoms with Gasteiger partial charge in [0.2, 0.25) is 11.8 Å². The Morgan fingerprint density at radius 2 is 1.58 bits per heavy atom. The summed E-state index contributed by atoms with van der Waals surface area (Å²) in [6.07, 6.45) is 0. The molecule has 202 valence electrons. The lowest BCUT2D eigenvalue weighted by molar-refractivity contribution is -0.139. The Morgan fingerprint density at radius 1 is 0.974 bits per heavy atom. The van der Waals surface area contributed by atoms with Crippen molar-refractivity contribution in [1.29, 1.82) is 0 Å². The summed E-state index contributed by atoms with van der Waals surface area (Å²) in [6.45, 7) is 5.24. The van der Waals surface area contributed by atoms with E-state index < -0.39 is 40.2 Å². The molecule has 0 bridgehead atoms. The zero-order chi connectivity index (χ0) is 27.9. The van der Waals surface area contributed by atoms with E-state index in [2.05, 4.69) is 5.32 Å². The second-order valence-corrected chi connectivity index (χ2v) is 10.6. The number of benzene rings is 3. The molecule has 2 amide bonds. The summed E-state index contributed by atoms with van der Waals surface area (Å²) in [6, 6.07) is 17.3. The highest BCUT2D eigenvalue weighted by atomic mass is 32.2. The number of anilines is 1. The van der Waals surface area contributed by atoms with Crippen LogP contribution in [0.1, 0.15) is 25.0 Å². The van der Waals surface area contributed by atoms with Crippen LogP contribution in [0, 0.1) is 12.7 Å². The van der Waals surface area contributed by atoms with Crippen molar-refractivity contribution in [2.75, 3.05) is 24.5 Å². The minimum atomic E-state index is -4.25. The fourth-order valence-electron chi connectivity index (χ4n) is 3.82. The van der Waals surface area contributed by atoms with E-state index in [9.17, 15) is 22.4 Å². The normalized spacial score (nSPS) is 11.9. The van der Waals surface area contributed by atoms with Crippen LogP contribution in [-0.2, 0) is 26.2 Å². The number of likely N-dealkylation sites (N-methyl/N-ethyl adjacent to an activating group) is 1. The van der Waals surface area contributed by atoms with Gasteiger partial charge in [0.1, 0.15) is 24.2 Å². The first-order valence-electron chi connectivity index (χ1n) is 12.1. The average Bonchev–Trinajstić information content (AvgIpc) is 2.91. The molecule has 0 spiro atoms. The van der Waals surface area contributed by atoms with Gasteiger partial charge in [0.15, 0.2) is 0 Å². The number of hydrogen-bond donors (Lipinski definition) is 1. The monoisotopic (exact) mass is 541 g/mol. The first-order valence-corrected chi connectivity index (χ1v) is 13.6. The van der Waals surface area contributed by atoms with Crippen molar-refractivity contribution < 1.29 is 27.1 Å². The Morgan fingerprint density at radius 3 is 2.13 bits per heavy atom. The Bertz CT molecular complexity index is 1340. The molecule has 1 N–H and O–H groups in total. The second-order valence-electron chi connectivity index (χ2n) is 8.69. The number of nitrogens with one attached hydrogen (secondary N) is 1. The van der Waals surface area contributed by atoms with Gasteiger partial charge in [-0.15, -0.1) is 0 Å². The minimum Gasteiger partial charge on any atom is -0.494 e. The summed E-state index contributed by atoms with van der Waals surface area (Å²) in [7, 11) is -2.78. The molecule has 0 aliphatic carbocycles. The number of hydrogen-bond acceptors (Lipinski definition) is 5. The second kappa shape index (κ2) is 12.6. The van der Waals surface area contributed by atoms with Gasteiger partial charge >= 0.3 is 0 Å². The van der Waals surface area contributed by atoms with E-state index in [0.29, 0.717) is 12.4 Å². The molecule has 0 fully saturated rings. The molecular formula is C28H32FN3O5S.